The molecule has 2 spiro atoms. The lowest BCUT2D eigenvalue weighted by atomic mass is 9.44. The van der Waals surface area contributed by atoms with Crippen LogP contribution in [0.3, 0.4) is 0 Å². The Hall–Kier alpha value is -0.960. The Morgan fingerprint density at radius 3 is 2.42 bits per heavy atom. The van der Waals surface area contributed by atoms with E-state index >= 15 is 0 Å². The van der Waals surface area contributed by atoms with Crippen molar-refractivity contribution in [3.8, 4) is 0 Å². The van der Waals surface area contributed by atoms with Crippen LogP contribution >= 0.6 is 0 Å². The van der Waals surface area contributed by atoms with Crippen LogP contribution in [0.15, 0.2) is 12.2 Å². The Labute approximate surface area is 188 Å². The molecule has 4 aliphatic carbocycles. The van der Waals surface area contributed by atoms with E-state index < -0.39 is 5.60 Å². The third-order valence-electron chi connectivity index (χ3n) is 11.3. The quantitative estimate of drug-likeness (QED) is 0.400. The van der Waals surface area contributed by atoms with Gasteiger partial charge in [0.05, 0.1) is 0 Å². The molecule has 0 aromatic carbocycles. The number of fused-ring (bicyclic) bond motifs is 2. The van der Waals surface area contributed by atoms with E-state index in [2.05, 4.69) is 53.7 Å². The molecular formula is C28H42O3. The van der Waals surface area contributed by atoms with E-state index in [-0.39, 0.29) is 22.3 Å². The van der Waals surface area contributed by atoms with Gasteiger partial charge >= 0.3 is 0 Å². The lowest BCUT2D eigenvalue weighted by Crippen LogP contribution is -2.62. The van der Waals surface area contributed by atoms with Crippen molar-refractivity contribution < 1.29 is 14.3 Å². The first kappa shape index (κ1) is 21.9. The van der Waals surface area contributed by atoms with Gasteiger partial charge in [0.1, 0.15) is 11.4 Å². The standard InChI is InChI=1S/C28H42O3/c1-17(2)18(3)7-8-19(4)22-10-14-27-26(22,6)13-11-23-25(5)12-9-21(29)15-20(25)16-24(30)28(23,27)31-27/h7-8,17-20,22-23H,9-16H2,1-6H3/b8-7+/t18-,19+,20?,22+,23?,25-,26+,27-,28-/m0/s1. The van der Waals surface area contributed by atoms with E-state index in [4.69, 9.17) is 4.74 Å². The van der Waals surface area contributed by atoms with E-state index in [9.17, 15) is 9.59 Å². The Morgan fingerprint density at radius 1 is 0.968 bits per heavy atom. The van der Waals surface area contributed by atoms with Crippen molar-refractivity contribution in [3.63, 3.8) is 0 Å². The van der Waals surface area contributed by atoms with Crippen molar-refractivity contribution >= 4 is 11.6 Å². The fraction of sp³-hybridized carbons (Fsp3) is 0.857. The average molecular weight is 427 g/mol. The van der Waals surface area contributed by atoms with Crippen LogP contribution in [0.25, 0.3) is 0 Å². The van der Waals surface area contributed by atoms with Crippen LogP contribution in [0.1, 0.15) is 92.9 Å². The number of allylic oxidation sites excluding steroid dienone is 2. The predicted octanol–water partition coefficient (Wildman–Crippen LogP) is 6.15. The molecule has 5 rings (SSSR count). The van der Waals surface area contributed by atoms with E-state index in [1.165, 1.54) is 6.42 Å². The van der Waals surface area contributed by atoms with E-state index in [0.29, 0.717) is 60.4 Å². The summed E-state index contributed by atoms with van der Waals surface area (Å²) >= 11 is 0. The van der Waals surface area contributed by atoms with Gasteiger partial charge in [0.2, 0.25) is 0 Å². The lowest BCUT2D eigenvalue weighted by Gasteiger charge is -2.56. The van der Waals surface area contributed by atoms with Crippen molar-refractivity contribution in [2.24, 2.45) is 46.3 Å². The summed E-state index contributed by atoms with van der Waals surface area (Å²) < 4.78 is 6.82. The minimum absolute atomic E-state index is 0.0810. The second-order valence-corrected chi connectivity index (χ2v) is 12.7. The first-order chi connectivity index (χ1) is 14.5. The van der Waals surface area contributed by atoms with Gasteiger partial charge in [0.25, 0.3) is 0 Å². The smallest absolute Gasteiger partial charge is 0.168 e. The highest BCUT2D eigenvalue weighted by atomic mass is 16.6. The second-order valence-electron chi connectivity index (χ2n) is 12.7. The van der Waals surface area contributed by atoms with Gasteiger partial charge < -0.3 is 4.74 Å². The molecule has 9 atom stereocenters. The van der Waals surface area contributed by atoms with Crippen molar-refractivity contribution in [2.45, 2.75) is 104 Å². The number of carbonyl (C=O) groups excluding carboxylic acids is 2. The number of hydrogen-bond donors (Lipinski definition) is 0. The van der Waals surface area contributed by atoms with Crippen molar-refractivity contribution in [2.75, 3.05) is 0 Å². The molecule has 5 fully saturated rings. The van der Waals surface area contributed by atoms with Crippen molar-refractivity contribution in [1.82, 2.24) is 0 Å². The first-order valence-corrected chi connectivity index (χ1v) is 13.0. The number of epoxide rings is 1. The van der Waals surface area contributed by atoms with Crippen LogP contribution in [-0.2, 0) is 14.3 Å². The Balaban J connectivity index is 1.44. The zero-order valence-corrected chi connectivity index (χ0v) is 20.5. The molecule has 0 amide bonds. The van der Waals surface area contributed by atoms with Crippen LogP contribution in [-0.4, -0.2) is 22.8 Å². The van der Waals surface area contributed by atoms with Crippen LogP contribution in [0.2, 0.25) is 0 Å². The fourth-order valence-corrected chi connectivity index (χ4v) is 8.86. The molecule has 5 aliphatic rings. The molecule has 0 radical (unpaired) electrons. The Kier molecular flexibility index (Phi) is 4.78. The SMILES string of the molecule is CC(C)[C@@H](C)/C=C/[C@@H](C)[C@H]1CC[C@@]23O[C@@]24C(=O)CC2CC(=O)CC[C@]2(C)C4CC[C@]13C. The molecule has 4 saturated carbocycles. The molecule has 172 valence electrons. The maximum atomic E-state index is 13.7. The molecule has 1 aliphatic heterocycles. The average Bonchev–Trinajstić information content (AvgIpc) is 3.31. The van der Waals surface area contributed by atoms with E-state index in [1.807, 2.05) is 0 Å². The summed E-state index contributed by atoms with van der Waals surface area (Å²) in [6, 6.07) is 0. The summed E-state index contributed by atoms with van der Waals surface area (Å²) in [5, 5.41) is 0. The minimum Gasteiger partial charge on any atom is -0.353 e. The molecule has 3 nitrogen and oxygen atoms in total. The highest BCUT2D eigenvalue weighted by molar-refractivity contribution is 5.95. The molecule has 3 heteroatoms. The molecule has 0 N–H and O–H groups in total. The summed E-state index contributed by atoms with van der Waals surface area (Å²) in [7, 11) is 0. The Bertz CT molecular complexity index is 828. The summed E-state index contributed by atoms with van der Waals surface area (Å²) in [5.41, 5.74) is -0.623. The zero-order valence-electron chi connectivity index (χ0n) is 20.5. The fourth-order valence-electron chi connectivity index (χ4n) is 8.86. The largest absolute Gasteiger partial charge is 0.353 e. The van der Waals surface area contributed by atoms with Gasteiger partial charge in [-0.15, -0.1) is 0 Å². The van der Waals surface area contributed by atoms with Gasteiger partial charge in [-0.3, -0.25) is 9.59 Å². The predicted molar refractivity (Wildman–Crippen MR) is 122 cm³/mol. The molecule has 1 saturated heterocycles. The molecule has 0 aromatic rings. The van der Waals surface area contributed by atoms with Crippen LogP contribution in [0.4, 0.5) is 0 Å². The lowest BCUT2D eigenvalue weighted by molar-refractivity contribution is -0.149. The van der Waals surface area contributed by atoms with Gasteiger partial charge in [-0.2, -0.15) is 0 Å². The van der Waals surface area contributed by atoms with Crippen molar-refractivity contribution in [1.29, 1.82) is 0 Å². The first-order valence-electron chi connectivity index (χ1n) is 13.0. The summed E-state index contributed by atoms with van der Waals surface area (Å²) in [5.74, 6) is 3.57. The van der Waals surface area contributed by atoms with Crippen molar-refractivity contribution in [3.05, 3.63) is 12.2 Å². The number of carbonyl (C=O) groups is 2. The summed E-state index contributed by atoms with van der Waals surface area (Å²) in [6.07, 6.45) is 12.1. The highest BCUT2D eigenvalue weighted by Crippen LogP contribution is 2.80. The van der Waals surface area contributed by atoms with Crippen LogP contribution < -0.4 is 0 Å². The van der Waals surface area contributed by atoms with Gasteiger partial charge in [-0.25, -0.2) is 0 Å². The third-order valence-corrected chi connectivity index (χ3v) is 11.3. The molecule has 0 bridgehead atoms. The zero-order chi connectivity index (χ0) is 22.4. The molecule has 0 aromatic heterocycles. The second kappa shape index (κ2) is 6.78. The van der Waals surface area contributed by atoms with Gasteiger partial charge in [-0.1, -0.05) is 53.7 Å². The minimum atomic E-state index is -0.547. The van der Waals surface area contributed by atoms with E-state index in [0.717, 1.165) is 25.7 Å². The molecular weight excluding hydrogens is 384 g/mol. The van der Waals surface area contributed by atoms with Crippen LogP contribution in [0.5, 0.6) is 0 Å². The van der Waals surface area contributed by atoms with E-state index in [1.54, 1.807) is 0 Å². The molecule has 2 unspecified atom stereocenters. The number of ether oxygens (including phenoxy) is 1. The number of Topliss-reactive ketones (excluding diaryl/α,β-unsaturated/α-hetero) is 2. The van der Waals surface area contributed by atoms with Gasteiger partial charge in [-0.05, 0) is 67.1 Å². The monoisotopic (exact) mass is 426 g/mol. The third kappa shape index (κ3) is 2.62. The Morgan fingerprint density at radius 2 is 1.71 bits per heavy atom. The highest BCUT2D eigenvalue weighted by Gasteiger charge is 2.89. The van der Waals surface area contributed by atoms with Gasteiger partial charge in [0, 0.05) is 30.6 Å². The normalized spacial score (nSPS) is 50.6. The maximum absolute atomic E-state index is 13.7. The molecule has 31 heavy (non-hydrogen) atoms. The number of ketones is 2. The number of hydrogen-bond acceptors (Lipinski definition) is 3. The summed E-state index contributed by atoms with van der Waals surface area (Å²) in [4.78, 5) is 25.9. The van der Waals surface area contributed by atoms with Crippen LogP contribution in [0, 0.1) is 46.3 Å². The summed E-state index contributed by atoms with van der Waals surface area (Å²) in [6.45, 7) is 14.1. The maximum Gasteiger partial charge on any atom is 0.168 e. The number of rotatable bonds is 4. The molecule has 1 heterocycles. The topological polar surface area (TPSA) is 46.7 Å². The van der Waals surface area contributed by atoms with Gasteiger partial charge in [0.15, 0.2) is 11.4 Å².